The number of pyridine rings is 1. The molecule has 0 saturated heterocycles. The van der Waals surface area contributed by atoms with E-state index < -0.39 is 6.09 Å². The van der Waals surface area contributed by atoms with Crippen molar-refractivity contribution in [1.82, 2.24) is 15.2 Å². The third kappa shape index (κ3) is 5.29. The predicted octanol–water partition coefficient (Wildman–Crippen LogP) is 4.32. The van der Waals surface area contributed by atoms with Gasteiger partial charge in [-0.2, -0.15) is 0 Å². The summed E-state index contributed by atoms with van der Waals surface area (Å²) < 4.78 is 0. The molecular weight excluding hydrogens is 366 g/mol. The van der Waals surface area contributed by atoms with E-state index in [1.165, 1.54) is 4.90 Å². The minimum Gasteiger partial charge on any atom is -0.465 e. The topological polar surface area (TPSA) is 91.2 Å². The monoisotopic (exact) mass is 389 g/mol. The maximum atomic E-state index is 11.7. The summed E-state index contributed by atoms with van der Waals surface area (Å²) in [5.41, 5.74) is -0.0491. The molecule has 1 saturated carbocycles. The molecule has 7 nitrogen and oxygen atoms in total. The molecule has 3 rings (SSSR count). The highest BCUT2D eigenvalue weighted by Gasteiger charge is 2.34. The Balaban J connectivity index is 1.53. The van der Waals surface area contributed by atoms with E-state index in [0.717, 1.165) is 38.0 Å². The van der Waals surface area contributed by atoms with Crippen LogP contribution in [0.4, 0.5) is 16.4 Å². The van der Waals surface area contributed by atoms with E-state index in [9.17, 15) is 9.90 Å². The van der Waals surface area contributed by atoms with Crippen LogP contribution in [-0.2, 0) is 0 Å². The highest BCUT2D eigenvalue weighted by molar-refractivity contribution is 6.29. The van der Waals surface area contributed by atoms with Crippen LogP contribution in [-0.4, -0.2) is 39.5 Å². The molecule has 0 spiro atoms. The van der Waals surface area contributed by atoms with E-state index in [0.29, 0.717) is 23.4 Å². The lowest BCUT2D eigenvalue weighted by Gasteiger charge is -2.39. The number of carbonyl (C=O) groups is 1. The lowest BCUT2D eigenvalue weighted by atomic mass is 9.71. The minimum atomic E-state index is -0.958. The van der Waals surface area contributed by atoms with Crippen LogP contribution in [0.1, 0.15) is 32.6 Å². The minimum absolute atomic E-state index is 0.0491. The Bertz CT molecular complexity index is 748. The summed E-state index contributed by atoms with van der Waals surface area (Å²) in [6.07, 6.45) is 4.70. The molecule has 0 aliphatic heterocycles. The van der Waals surface area contributed by atoms with Crippen LogP contribution in [0.5, 0.6) is 0 Å². The molecule has 0 atom stereocenters. The molecule has 144 valence electrons. The van der Waals surface area contributed by atoms with Crippen molar-refractivity contribution in [2.75, 3.05) is 23.3 Å². The molecule has 2 aromatic rings. The second kappa shape index (κ2) is 8.52. The Morgan fingerprint density at radius 2 is 2.07 bits per heavy atom. The summed E-state index contributed by atoms with van der Waals surface area (Å²) in [6, 6.07) is 8.87. The molecule has 0 unspecified atom stereocenters. The van der Waals surface area contributed by atoms with Crippen LogP contribution in [0.15, 0.2) is 36.5 Å². The average molecular weight is 390 g/mol. The number of carboxylic acid groups (broad SMARTS) is 1. The van der Waals surface area contributed by atoms with Gasteiger partial charge in [0.2, 0.25) is 0 Å². The Morgan fingerprint density at radius 3 is 2.67 bits per heavy atom. The Morgan fingerprint density at radius 1 is 1.30 bits per heavy atom. The number of aromatic nitrogens is 3. The number of amides is 1. The lowest BCUT2D eigenvalue weighted by molar-refractivity contribution is 0.167. The molecule has 8 heteroatoms. The number of halogens is 1. The van der Waals surface area contributed by atoms with Crippen LogP contribution >= 0.6 is 11.6 Å². The third-order valence-corrected chi connectivity index (χ3v) is 5.41. The Kier molecular flexibility index (Phi) is 6.11. The molecule has 0 bridgehead atoms. The quantitative estimate of drug-likeness (QED) is 0.764. The molecule has 2 aromatic heterocycles. The summed E-state index contributed by atoms with van der Waals surface area (Å²) >= 11 is 5.75. The van der Waals surface area contributed by atoms with Crippen LogP contribution in [0, 0.1) is 11.3 Å². The van der Waals surface area contributed by atoms with Crippen molar-refractivity contribution in [3.05, 3.63) is 41.7 Å². The first kappa shape index (κ1) is 19.4. The number of hydrogen-bond donors (Lipinski definition) is 2. The van der Waals surface area contributed by atoms with Crippen molar-refractivity contribution in [3.63, 3.8) is 0 Å². The molecular formula is C19H24ClN5O2. The Hall–Kier alpha value is -2.41. The van der Waals surface area contributed by atoms with E-state index in [1.54, 1.807) is 24.4 Å². The number of nitrogens with one attached hydrogen (secondary N) is 1. The van der Waals surface area contributed by atoms with Gasteiger partial charge in [0.15, 0.2) is 5.15 Å². The second-order valence-electron chi connectivity index (χ2n) is 7.43. The standard InChI is InChI=1S/C19H24ClN5O2/c1-19(13-25(18(26)27)17-4-2-3-11-21-17)9-7-14(8-10-19)12-22-16-6-5-15(20)23-24-16/h2-6,11,14H,7-10,12-13H2,1H3,(H,22,24)(H,26,27). The number of anilines is 2. The first-order chi connectivity index (χ1) is 13.0. The van der Waals surface area contributed by atoms with Gasteiger partial charge in [0.25, 0.3) is 0 Å². The van der Waals surface area contributed by atoms with Gasteiger partial charge in [0, 0.05) is 19.3 Å². The van der Waals surface area contributed by atoms with Crippen molar-refractivity contribution in [1.29, 1.82) is 0 Å². The fraction of sp³-hybridized carbons (Fsp3) is 0.474. The van der Waals surface area contributed by atoms with Crippen LogP contribution in [0.25, 0.3) is 0 Å². The van der Waals surface area contributed by atoms with Crippen molar-refractivity contribution in [2.24, 2.45) is 11.3 Å². The molecule has 2 heterocycles. The van der Waals surface area contributed by atoms with E-state index in [-0.39, 0.29) is 5.41 Å². The lowest BCUT2D eigenvalue weighted by Crippen LogP contribution is -2.42. The van der Waals surface area contributed by atoms with Gasteiger partial charge < -0.3 is 10.4 Å². The first-order valence-corrected chi connectivity index (χ1v) is 9.48. The average Bonchev–Trinajstić information content (AvgIpc) is 2.68. The summed E-state index contributed by atoms with van der Waals surface area (Å²) in [6.45, 7) is 3.46. The maximum Gasteiger partial charge on any atom is 0.413 e. The molecule has 1 aliphatic rings. The zero-order valence-electron chi connectivity index (χ0n) is 15.3. The van der Waals surface area contributed by atoms with Crippen molar-refractivity contribution in [3.8, 4) is 0 Å². The van der Waals surface area contributed by atoms with Gasteiger partial charge in [-0.1, -0.05) is 24.6 Å². The predicted molar refractivity (Wildman–Crippen MR) is 105 cm³/mol. The summed E-state index contributed by atoms with van der Waals surface area (Å²) in [5.74, 6) is 1.74. The fourth-order valence-electron chi connectivity index (χ4n) is 3.54. The number of hydrogen-bond acceptors (Lipinski definition) is 5. The van der Waals surface area contributed by atoms with Crippen molar-refractivity contribution >= 4 is 29.3 Å². The first-order valence-electron chi connectivity index (χ1n) is 9.10. The molecule has 2 N–H and O–H groups in total. The van der Waals surface area contributed by atoms with E-state index in [2.05, 4.69) is 27.4 Å². The van der Waals surface area contributed by atoms with Gasteiger partial charge in [-0.05, 0) is 61.3 Å². The molecule has 27 heavy (non-hydrogen) atoms. The van der Waals surface area contributed by atoms with Crippen molar-refractivity contribution < 1.29 is 9.90 Å². The second-order valence-corrected chi connectivity index (χ2v) is 7.82. The smallest absolute Gasteiger partial charge is 0.413 e. The third-order valence-electron chi connectivity index (χ3n) is 5.21. The summed E-state index contributed by atoms with van der Waals surface area (Å²) in [7, 11) is 0. The van der Waals surface area contributed by atoms with E-state index in [1.807, 2.05) is 12.1 Å². The normalized spacial score (nSPS) is 22.2. The molecule has 1 aliphatic carbocycles. The zero-order valence-corrected chi connectivity index (χ0v) is 16.1. The Labute approximate surface area is 163 Å². The highest BCUT2D eigenvalue weighted by Crippen LogP contribution is 2.40. The SMILES string of the molecule is CC1(CN(C(=O)O)c2ccccn2)CCC(CNc2ccc(Cl)nn2)CC1. The van der Waals surface area contributed by atoms with E-state index >= 15 is 0 Å². The molecule has 0 radical (unpaired) electrons. The fourth-order valence-corrected chi connectivity index (χ4v) is 3.64. The van der Waals surface area contributed by atoms with Gasteiger partial charge >= 0.3 is 6.09 Å². The molecule has 1 amide bonds. The molecule has 1 fully saturated rings. The van der Waals surface area contributed by atoms with Gasteiger partial charge in [-0.15, -0.1) is 10.2 Å². The zero-order chi connectivity index (χ0) is 19.3. The van der Waals surface area contributed by atoms with Crippen LogP contribution in [0.3, 0.4) is 0 Å². The van der Waals surface area contributed by atoms with Gasteiger partial charge in [0.05, 0.1) is 0 Å². The van der Waals surface area contributed by atoms with E-state index in [4.69, 9.17) is 11.6 Å². The summed E-state index contributed by atoms with van der Waals surface area (Å²) in [5, 5.41) is 21.1. The van der Waals surface area contributed by atoms with Crippen LogP contribution < -0.4 is 10.2 Å². The van der Waals surface area contributed by atoms with Crippen LogP contribution in [0.2, 0.25) is 5.15 Å². The van der Waals surface area contributed by atoms with Gasteiger partial charge in [0.1, 0.15) is 11.6 Å². The molecule has 0 aromatic carbocycles. The maximum absolute atomic E-state index is 11.7. The number of rotatable bonds is 6. The number of nitrogens with zero attached hydrogens (tertiary/aromatic N) is 4. The summed E-state index contributed by atoms with van der Waals surface area (Å²) in [4.78, 5) is 17.3. The highest BCUT2D eigenvalue weighted by atomic mass is 35.5. The van der Waals surface area contributed by atoms with Gasteiger partial charge in [-0.3, -0.25) is 4.90 Å². The van der Waals surface area contributed by atoms with Gasteiger partial charge in [-0.25, -0.2) is 9.78 Å². The van der Waals surface area contributed by atoms with Crippen molar-refractivity contribution in [2.45, 2.75) is 32.6 Å². The largest absolute Gasteiger partial charge is 0.465 e.